The van der Waals surface area contributed by atoms with E-state index in [9.17, 15) is 9.59 Å². The Bertz CT molecular complexity index is 268. The third kappa shape index (κ3) is 3.20. The second kappa shape index (κ2) is 5.84. The molecular weight excluding hydrogens is 208 g/mol. The van der Waals surface area contributed by atoms with Crippen LogP contribution in [0.3, 0.4) is 0 Å². The summed E-state index contributed by atoms with van der Waals surface area (Å²) in [6.07, 6.45) is 0.867. The van der Waals surface area contributed by atoms with Crippen molar-refractivity contribution in [2.24, 2.45) is 5.92 Å². The molecule has 1 atom stereocenters. The summed E-state index contributed by atoms with van der Waals surface area (Å²) in [5, 5.41) is 8.92. The van der Waals surface area contributed by atoms with Crippen LogP contribution in [0.2, 0.25) is 0 Å². The lowest BCUT2D eigenvalue weighted by Gasteiger charge is -2.34. The molecule has 5 heteroatoms. The van der Waals surface area contributed by atoms with Gasteiger partial charge in [0.2, 0.25) is 11.8 Å². The summed E-state index contributed by atoms with van der Waals surface area (Å²) < 4.78 is 0. The number of aliphatic hydroxyl groups is 1. The first-order valence-electron chi connectivity index (χ1n) is 5.74. The SMILES string of the molecule is CCCN1CC(=O)N(CC(C)CO)CC1=O. The zero-order chi connectivity index (χ0) is 12.1. The fourth-order valence-corrected chi connectivity index (χ4v) is 1.78. The Balaban J connectivity index is 2.53. The van der Waals surface area contributed by atoms with Crippen LogP contribution in [0.5, 0.6) is 0 Å². The average Bonchev–Trinajstić information content (AvgIpc) is 2.25. The second-order valence-electron chi connectivity index (χ2n) is 4.38. The van der Waals surface area contributed by atoms with Gasteiger partial charge in [0.25, 0.3) is 0 Å². The number of rotatable bonds is 5. The molecule has 0 aromatic rings. The summed E-state index contributed by atoms with van der Waals surface area (Å²) in [7, 11) is 0. The minimum absolute atomic E-state index is 0.00610. The molecule has 0 aromatic carbocycles. The molecule has 1 fully saturated rings. The van der Waals surface area contributed by atoms with E-state index < -0.39 is 0 Å². The van der Waals surface area contributed by atoms with Crippen LogP contribution in [-0.4, -0.2) is 59.5 Å². The Morgan fingerprint density at radius 2 is 1.81 bits per heavy atom. The van der Waals surface area contributed by atoms with Gasteiger partial charge in [0, 0.05) is 19.7 Å². The Morgan fingerprint density at radius 1 is 1.25 bits per heavy atom. The van der Waals surface area contributed by atoms with E-state index in [-0.39, 0.29) is 37.4 Å². The zero-order valence-electron chi connectivity index (χ0n) is 9.98. The highest BCUT2D eigenvalue weighted by molar-refractivity contribution is 5.92. The van der Waals surface area contributed by atoms with E-state index in [4.69, 9.17) is 5.11 Å². The van der Waals surface area contributed by atoms with Gasteiger partial charge in [-0.2, -0.15) is 0 Å². The van der Waals surface area contributed by atoms with Gasteiger partial charge < -0.3 is 14.9 Å². The number of amides is 2. The summed E-state index contributed by atoms with van der Waals surface area (Å²) in [6, 6.07) is 0. The lowest BCUT2D eigenvalue weighted by Crippen LogP contribution is -2.54. The molecule has 1 N–H and O–H groups in total. The van der Waals surface area contributed by atoms with Crippen LogP contribution in [0.1, 0.15) is 20.3 Å². The fraction of sp³-hybridized carbons (Fsp3) is 0.818. The van der Waals surface area contributed by atoms with Gasteiger partial charge in [-0.05, 0) is 12.3 Å². The van der Waals surface area contributed by atoms with Crippen LogP contribution >= 0.6 is 0 Å². The molecule has 92 valence electrons. The van der Waals surface area contributed by atoms with Gasteiger partial charge in [0.05, 0.1) is 13.1 Å². The molecule has 0 radical (unpaired) electrons. The Labute approximate surface area is 96.0 Å². The zero-order valence-corrected chi connectivity index (χ0v) is 9.98. The van der Waals surface area contributed by atoms with E-state index in [1.54, 1.807) is 4.90 Å². The number of nitrogens with zero attached hydrogens (tertiary/aromatic N) is 2. The summed E-state index contributed by atoms with van der Waals surface area (Å²) in [5.74, 6) is 0.00872. The molecule has 1 heterocycles. The van der Waals surface area contributed by atoms with Gasteiger partial charge >= 0.3 is 0 Å². The fourth-order valence-electron chi connectivity index (χ4n) is 1.78. The van der Waals surface area contributed by atoms with E-state index in [0.29, 0.717) is 13.1 Å². The van der Waals surface area contributed by atoms with Crippen molar-refractivity contribution in [2.75, 3.05) is 32.8 Å². The Morgan fingerprint density at radius 3 is 2.38 bits per heavy atom. The molecule has 16 heavy (non-hydrogen) atoms. The Kier molecular flexibility index (Phi) is 4.73. The van der Waals surface area contributed by atoms with Crippen molar-refractivity contribution >= 4 is 11.8 Å². The lowest BCUT2D eigenvalue weighted by atomic mass is 10.1. The first-order chi connectivity index (χ1) is 7.58. The van der Waals surface area contributed by atoms with Crippen molar-refractivity contribution in [3.8, 4) is 0 Å². The highest BCUT2D eigenvalue weighted by Gasteiger charge is 2.29. The molecule has 0 aliphatic carbocycles. The molecular formula is C11H20N2O3. The van der Waals surface area contributed by atoms with Gasteiger partial charge in [-0.3, -0.25) is 9.59 Å². The van der Waals surface area contributed by atoms with Crippen LogP contribution in [0.4, 0.5) is 0 Å². The highest BCUT2D eigenvalue weighted by atomic mass is 16.3. The minimum atomic E-state index is -0.0200. The molecule has 1 aliphatic heterocycles. The van der Waals surface area contributed by atoms with Crippen molar-refractivity contribution < 1.29 is 14.7 Å². The van der Waals surface area contributed by atoms with Crippen LogP contribution in [-0.2, 0) is 9.59 Å². The molecule has 5 nitrogen and oxygen atoms in total. The quantitative estimate of drug-likeness (QED) is 0.702. The van der Waals surface area contributed by atoms with E-state index in [1.807, 2.05) is 13.8 Å². The second-order valence-corrected chi connectivity index (χ2v) is 4.38. The van der Waals surface area contributed by atoms with Crippen molar-refractivity contribution in [1.82, 2.24) is 9.80 Å². The standard InChI is InChI=1S/C11H20N2O3/c1-3-4-12-6-11(16)13(7-10(12)15)5-9(2)8-14/h9,14H,3-8H2,1-2H3. The molecule has 0 spiro atoms. The summed E-state index contributed by atoms with van der Waals surface area (Å²) in [5.41, 5.74) is 0. The number of hydrogen-bond acceptors (Lipinski definition) is 3. The summed E-state index contributed by atoms with van der Waals surface area (Å²) in [6.45, 7) is 5.33. The normalized spacial score (nSPS) is 19.2. The molecule has 0 bridgehead atoms. The van der Waals surface area contributed by atoms with E-state index in [2.05, 4.69) is 0 Å². The molecule has 0 aromatic heterocycles. The molecule has 1 unspecified atom stereocenters. The third-order valence-electron chi connectivity index (χ3n) is 2.69. The number of carbonyl (C=O) groups excluding carboxylic acids is 2. The smallest absolute Gasteiger partial charge is 0.242 e. The van der Waals surface area contributed by atoms with Crippen molar-refractivity contribution in [2.45, 2.75) is 20.3 Å². The highest BCUT2D eigenvalue weighted by Crippen LogP contribution is 2.08. The first-order valence-corrected chi connectivity index (χ1v) is 5.74. The van der Waals surface area contributed by atoms with Crippen LogP contribution < -0.4 is 0 Å². The molecule has 1 saturated heterocycles. The predicted molar refractivity (Wildman–Crippen MR) is 59.7 cm³/mol. The molecule has 1 rings (SSSR count). The van der Waals surface area contributed by atoms with Gasteiger partial charge in [-0.25, -0.2) is 0 Å². The van der Waals surface area contributed by atoms with Crippen molar-refractivity contribution in [1.29, 1.82) is 0 Å². The average molecular weight is 228 g/mol. The third-order valence-corrected chi connectivity index (χ3v) is 2.69. The molecule has 2 amide bonds. The first kappa shape index (κ1) is 13.0. The predicted octanol–water partition coefficient (Wildman–Crippen LogP) is -0.304. The topological polar surface area (TPSA) is 60.9 Å². The number of carbonyl (C=O) groups is 2. The van der Waals surface area contributed by atoms with E-state index in [0.717, 1.165) is 6.42 Å². The molecule has 0 saturated carbocycles. The maximum Gasteiger partial charge on any atom is 0.242 e. The minimum Gasteiger partial charge on any atom is -0.396 e. The monoisotopic (exact) mass is 228 g/mol. The number of aliphatic hydroxyl groups excluding tert-OH is 1. The molecule has 1 aliphatic rings. The largest absolute Gasteiger partial charge is 0.396 e. The lowest BCUT2D eigenvalue weighted by molar-refractivity contribution is -0.150. The number of hydrogen-bond donors (Lipinski definition) is 1. The maximum atomic E-state index is 11.7. The van der Waals surface area contributed by atoms with Gasteiger partial charge in [-0.1, -0.05) is 13.8 Å². The van der Waals surface area contributed by atoms with Crippen molar-refractivity contribution in [3.63, 3.8) is 0 Å². The van der Waals surface area contributed by atoms with Gasteiger partial charge in [0.1, 0.15) is 0 Å². The Hall–Kier alpha value is -1.10. The van der Waals surface area contributed by atoms with Crippen LogP contribution in [0.25, 0.3) is 0 Å². The van der Waals surface area contributed by atoms with Crippen LogP contribution in [0, 0.1) is 5.92 Å². The van der Waals surface area contributed by atoms with Crippen molar-refractivity contribution in [3.05, 3.63) is 0 Å². The maximum absolute atomic E-state index is 11.7. The summed E-state index contributed by atoms with van der Waals surface area (Å²) in [4.78, 5) is 26.5. The van der Waals surface area contributed by atoms with E-state index >= 15 is 0 Å². The summed E-state index contributed by atoms with van der Waals surface area (Å²) >= 11 is 0. The van der Waals surface area contributed by atoms with E-state index in [1.165, 1.54) is 4.90 Å². The van der Waals surface area contributed by atoms with Gasteiger partial charge in [-0.15, -0.1) is 0 Å². The number of piperazine rings is 1. The van der Waals surface area contributed by atoms with Gasteiger partial charge in [0.15, 0.2) is 0 Å². The van der Waals surface area contributed by atoms with Crippen LogP contribution in [0.15, 0.2) is 0 Å².